The van der Waals surface area contributed by atoms with Crippen LogP contribution in [0.3, 0.4) is 0 Å². The predicted octanol–water partition coefficient (Wildman–Crippen LogP) is 1.62. The van der Waals surface area contributed by atoms with Gasteiger partial charge in [-0.3, -0.25) is 9.59 Å². The van der Waals surface area contributed by atoms with Crippen molar-refractivity contribution >= 4 is 17.5 Å². The van der Waals surface area contributed by atoms with Crippen LogP contribution >= 0.6 is 0 Å². The van der Waals surface area contributed by atoms with Gasteiger partial charge in [0.25, 0.3) is 0 Å². The van der Waals surface area contributed by atoms with Crippen molar-refractivity contribution in [1.29, 1.82) is 0 Å². The van der Waals surface area contributed by atoms with Crippen molar-refractivity contribution < 1.29 is 14.3 Å². The molecule has 2 amide bonds. The Morgan fingerprint density at radius 3 is 2.09 bits per heavy atom. The number of nitrogens with one attached hydrogen (secondary N) is 1. The summed E-state index contributed by atoms with van der Waals surface area (Å²) in [4.78, 5) is 22.2. The van der Waals surface area contributed by atoms with Gasteiger partial charge in [0, 0.05) is 5.69 Å². The van der Waals surface area contributed by atoms with Crippen LogP contribution in [0.25, 0.3) is 0 Å². The van der Waals surface area contributed by atoms with Crippen LogP contribution in [0.15, 0.2) is 54.6 Å². The van der Waals surface area contributed by atoms with E-state index in [2.05, 4.69) is 5.32 Å². The second kappa shape index (κ2) is 7.12. The average Bonchev–Trinajstić information content (AvgIpc) is 2.49. The SMILES string of the molecule is NC(=O)CC(Nc1ccc(Oc2ccccc2)cc1)C(N)=O. The maximum atomic E-state index is 11.3. The molecule has 0 aliphatic rings. The van der Waals surface area contributed by atoms with Crippen LogP contribution in [-0.2, 0) is 9.59 Å². The first-order chi connectivity index (χ1) is 10.5. The Labute approximate surface area is 128 Å². The maximum absolute atomic E-state index is 11.3. The molecule has 0 aliphatic carbocycles. The molecule has 0 fully saturated rings. The molecular weight excluding hydrogens is 282 g/mol. The summed E-state index contributed by atoms with van der Waals surface area (Å²) in [6, 6.07) is 15.5. The Bertz CT molecular complexity index is 641. The summed E-state index contributed by atoms with van der Waals surface area (Å²) in [5.74, 6) is 0.151. The number of benzene rings is 2. The van der Waals surface area contributed by atoms with Gasteiger partial charge in [0.15, 0.2) is 0 Å². The van der Waals surface area contributed by atoms with Crippen molar-refractivity contribution in [3.8, 4) is 11.5 Å². The molecule has 0 aromatic heterocycles. The average molecular weight is 299 g/mol. The molecule has 1 atom stereocenters. The minimum atomic E-state index is -0.835. The van der Waals surface area contributed by atoms with Crippen molar-refractivity contribution in [3.05, 3.63) is 54.6 Å². The quantitative estimate of drug-likeness (QED) is 0.722. The molecule has 0 spiro atoms. The monoisotopic (exact) mass is 299 g/mol. The summed E-state index contributed by atoms with van der Waals surface area (Å²) in [5, 5.41) is 2.87. The minimum absolute atomic E-state index is 0.155. The van der Waals surface area contributed by atoms with E-state index < -0.39 is 17.9 Å². The highest BCUT2D eigenvalue weighted by atomic mass is 16.5. The lowest BCUT2D eigenvalue weighted by atomic mass is 10.1. The highest BCUT2D eigenvalue weighted by Crippen LogP contribution is 2.23. The van der Waals surface area contributed by atoms with E-state index in [0.717, 1.165) is 5.75 Å². The van der Waals surface area contributed by atoms with Gasteiger partial charge in [0.1, 0.15) is 17.5 Å². The van der Waals surface area contributed by atoms with Crippen LogP contribution in [-0.4, -0.2) is 17.9 Å². The van der Waals surface area contributed by atoms with Gasteiger partial charge in [0.2, 0.25) is 11.8 Å². The molecule has 2 aromatic rings. The topological polar surface area (TPSA) is 107 Å². The number of amides is 2. The summed E-state index contributed by atoms with van der Waals surface area (Å²) in [7, 11) is 0. The van der Waals surface area contributed by atoms with E-state index in [1.54, 1.807) is 24.3 Å². The highest BCUT2D eigenvalue weighted by molar-refractivity contribution is 5.88. The van der Waals surface area contributed by atoms with E-state index >= 15 is 0 Å². The van der Waals surface area contributed by atoms with E-state index in [0.29, 0.717) is 11.4 Å². The molecule has 0 aliphatic heterocycles. The molecule has 114 valence electrons. The van der Waals surface area contributed by atoms with Gasteiger partial charge in [-0.15, -0.1) is 0 Å². The predicted molar refractivity (Wildman–Crippen MR) is 83.4 cm³/mol. The molecule has 2 aromatic carbocycles. The van der Waals surface area contributed by atoms with Crippen LogP contribution in [0.4, 0.5) is 5.69 Å². The third kappa shape index (κ3) is 4.52. The van der Waals surface area contributed by atoms with Crippen LogP contribution in [0.2, 0.25) is 0 Å². The molecule has 0 saturated heterocycles. The number of carbonyl (C=O) groups is 2. The Kier molecular flexibility index (Phi) is 4.98. The largest absolute Gasteiger partial charge is 0.457 e. The van der Waals surface area contributed by atoms with E-state index in [4.69, 9.17) is 16.2 Å². The Morgan fingerprint density at radius 1 is 0.955 bits per heavy atom. The van der Waals surface area contributed by atoms with E-state index in [9.17, 15) is 9.59 Å². The first-order valence-corrected chi connectivity index (χ1v) is 6.72. The van der Waals surface area contributed by atoms with Crippen molar-refractivity contribution in [3.63, 3.8) is 0 Å². The zero-order valence-electron chi connectivity index (χ0n) is 11.9. The molecular formula is C16H17N3O3. The Morgan fingerprint density at radius 2 is 1.55 bits per heavy atom. The lowest BCUT2D eigenvalue weighted by Gasteiger charge is -2.15. The fraction of sp³-hybridized carbons (Fsp3) is 0.125. The Balaban J connectivity index is 2.02. The van der Waals surface area contributed by atoms with Gasteiger partial charge < -0.3 is 21.5 Å². The minimum Gasteiger partial charge on any atom is -0.457 e. The number of rotatable bonds is 7. The van der Waals surface area contributed by atoms with Gasteiger partial charge in [-0.25, -0.2) is 0 Å². The van der Waals surface area contributed by atoms with Gasteiger partial charge in [-0.1, -0.05) is 18.2 Å². The van der Waals surface area contributed by atoms with Crippen molar-refractivity contribution in [2.75, 3.05) is 5.32 Å². The molecule has 0 bridgehead atoms. The smallest absolute Gasteiger partial charge is 0.240 e. The summed E-state index contributed by atoms with van der Waals surface area (Å²) in [6.07, 6.45) is -0.155. The third-order valence-corrected chi connectivity index (χ3v) is 2.92. The fourth-order valence-corrected chi connectivity index (χ4v) is 1.87. The molecule has 0 heterocycles. The molecule has 6 heteroatoms. The number of hydrogen-bond acceptors (Lipinski definition) is 4. The molecule has 5 N–H and O–H groups in total. The molecule has 22 heavy (non-hydrogen) atoms. The summed E-state index contributed by atoms with van der Waals surface area (Å²) >= 11 is 0. The van der Waals surface area contributed by atoms with Gasteiger partial charge >= 0.3 is 0 Å². The Hall–Kier alpha value is -3.02. The number of hydrogen-bond donors (Lipinski definition) is 3. The van der Waals surface area contributed by atoms with E-state index in [-0.39, 0.29) is 6.42 Å². The number of carbonyl (C=O) groups excluding carboxylic acids is 2. The van der Waals surface area contributed by atoms with E-state index in [1.807, 2.05) is 30.3 Å². The van der Waals surface area contributed by atoms with Crippen LogP contribution in [0.5, 0.6) is 11.5 Å². The second-order valence-corrected chi connectivity index (χ2v) is 4.71. The number of nitrogens with two attached hydrogens (primary N) is 2. The molecule has 1 unspecified atom stereocenters. The maximum Gasteiger partial charge on any atom is 0.240 e. The molecule has 0 radical (unpaired) electrons. The van der Waals surface area contributed by atoms with Crippen LogP contribution < -0.4 is 21.5 Å². The van der Waals surface area contributed by atoms with Crippen molar-refractivity contribution in [2.45, 2.75) is 12.5 Å². The van der Waals surface area contributed by atoms with Crippen molar-refractivity contribution in [2.24, 2.45) is 11.5 Å². The lowest BCUT2D eigenvalue weighted by molar-refractivity contribution is -0.123. The number of anilines is 1. The molecule has 2 rings (SSSR count). The van der Waals surface area contributed by atoms with Gasteiger partial charge in [-0.05, 0) is 36.4 Å². The van der Waals surface area contributed by atoms with Crippen LogP contribution in [0.1, 0.15) is 6.42 Å². The standard InChI is InChI=1S/C16H17N3O3/c17-15(20)10-14(16(18)21)19-11-6-8-13(9-7-11)22-12-4-2-1-3-5-12/h1-9,14,19H,10H2,(H2,17,20)(H2,18,21). The highest BCUT2D eigenvalue weighted by Gasteiger charge is 2.17. The molecule has 6 nitrogen and oxygen atoms in total. The number of para-hydroxylation sites is 1. The number of primary amides is 2. The van der Waals surface area contributed by atoms with Crippen LogP contribution in [0, 0.1) is 0 Å². The molecule has 0 saturated carbocycles. The van der Waals surface area contributed by atoms with Gasteiger partial charge in [0.05, 0.1) is 6.42 Å². The fourth-order valence-electron chi connectivity index (χ4n) is 1.87. The first kappa shape index (κ1) is 15.4. The number of ether oxygens (including phenoxy) is 1. The lowest BCUT2D eigenvalue weighted by Crippen LogP contribution is -2.38. The summed E-state index contributed by atoms with van der Waals surface area (Å²) in [5.41, 5.74) is 11.0. The zero-order valence-corrected chi connectivity index (χ0v) is 11.9. The zero-order chi connectivity index (χ0) is 15.9. The summed E-state index contributed by atoms with van der Waals surface area (Å²) < 4.78 is 5.66. The summed E-state index contributed by atoms with van der Waals surface area (Å²) in [6.45, 7) is 0. The third-order valence-electron chi connectivity index (χ3n) is 2.92. The van der Waals surface area contributed by atoms with Crippen molar-refractivity contribution in [1.82, 2.24) is 0 Å². The van der Waals surface area contributed by atoms with E-state index in [1.165, 1.54) is 0 Å². The second-order valence-electron chi connectivity index (χ2n) is 4.71. The normalized spacial score (nSPS) is 11.5. The van der Waals surface area contributed by atoms with Gasteiger partial charge in [-0.2, -0.15) is 0 Å². The first-order valence-electron chi connectivity index (χ1n) is 6.72.